The minimum atomic E-state index is -0.702. The third-order valence-corrected chi connectivity index (χ3v) is 4.67. The zero-order valence-electron chi connectivity index (χ0n) is 14.5. The van der Waals surface area contributed by atoms with Gasteiger partial charge in [-0.2, -0.15) is 0 Å². The van der Waals surface area contributed by atoms with E-state index in [1.807, 2.05) is 0 Å². The predicted molar refractivity (Wildman–Crippen MR) is 93.0 cm³/mol. The van der Waals surface area contributed by atoms with E-state index >= 15 is 0 Å². The van der Waals surface area contributed by atoms with Crippen LogP contribution in [0.25, 0.3) is 0 Å². The van der Waals surface area contributed by atoms with E-state index in [9.17, 15) is 9.59 Å². The highest BCUT2D eigenvalue weighted by atomic mass is 16.7. The zero-order chi connectivity index (χ0) is 18.7. The molecule has 0 unspecified atom stereocenters. The largest absolute Gasteiger partial charge is 0.456 e. The highest BCUT2D eigenvalue weighted by molar-refractivity contribution is 5.58. The van der Waals surface area contributed by atoms with Gasteiger partial charge in [0, 0.05) is 12.1 Å². The number of hydrogen-bond donors (Lipinski definition) is 0. The van der Waals surface area contributed by atoms with Gasteiger partial charge in [0.25, 0.3) is 0 Å². The monoisotopic (exact) mass is 366 g/mol. The Balaban J connectivity index is 1.82. The average Bonchev–Trinajstić information content (AvgIpc) is 3.07. The fourth-order valence-electron chi connectivity index (χ4n) is 3.57. The van der Waals surface area contributed by atoms with E-state index in [1.54, 1.807) is 44.2 Å². The standard InChI is InChI=1S/C20H14O7/c1-9-5-14-17(19(21)25-9)16(11-3-4-12-13(7-11)24-8-23-12)18-15(27-14)6-10(2)26-20(18)22/h3-7,16H,8H2,1-2H3. The van der Waals surface area contributed by atoms with E-state index in [4.69, 9.17) is 23.0 Å². The van der Waals surface area contributed by atoms with Gasteiger partial charge in [-0.1, -0.05) is 6.07 Å². The lowest BCUT2D eigenvalue weighted by Crippen LogP contribution is -2.26. The zero-order valence-corrected chi connectivity index (χ0v) is 14.5. The molecule has 2 aliphatic rings. The van der Waals surface area contributed by atoms with Gasteiger partial charge < -0.3 is 23.0 Å². The van der Waals surface area contributed by atoms with Gasteiger partial charge >= 0.3 is 11.3 Å². The van der Waals surface area contributed by atoms with Crippen LogP contribution in [0.1, 0.15) is 34.1 Å². The first-order chi connectivity index (χ1) is 13.0. The van der Waals surface area contributed by atoms with Crippen molar-refractivity contribution in [2.75, 3.05) is 6.79 Å². The number of fused-ring (bicyclic) bond motifs is 3. The molecule has 0 aliphatic carbocycles. The maximum atomic E-state index is 12.7. The van der Waals surface area contributed by atoms with E-state index in [0.717, 1.165) is 0 Å². The van der Waals surface area contributed by atoms with Crippen molar-refractivity contribution in [2.24, 2.45) is 0 Å². The first kappa shape index (κ1) is 15.7. The van der Waals surface area contributed by atoms with Crippen LogP contribution < -0.4 is 25.5 Å². The minimum Gasteiger partial charge on any atom is -0.456 e. The fourth-order valence-corrected chi connectivity index (χ4v) is 3.57. The lowest BCUT2D eigenvalue weighted by atomic mass is 9.84. The van der Waals surface area contributed by atoms with Gasteiger partial charge in [0.15, 0.2) is 11.5 Å². The van der Waals surface area contributed by atoms with Gasteiger partial charge in [0.05, 0.1) is 17.0 Å². The number of aryl methyl sites for hydroxylation is 2. The Bertz CT molecular complexity index is 1140. The van der Waals surface area contributed by atoms with Gasteiger partial charge in [-0.05, 0) is 31.5 Å². The number of ether oxygens (including phenoxy) is 3. The van der Waals surface area contributed by atoms with Crippen molar-refractivity contribution >= 4 is 0 Å². The van der Waals surface area contributed by atoms with Crippen LogP contribution in [0.4, 0.5) is 0 Å². The number of benzene rings is 1. The van der Waals surface area contributed by atoms with E-state index in [-0.39, 0.29) is 17.9 Å². The molecule has 4 heterocycles. The summed E-state index contributed by atoms with van der Waals surface area (Å²) in [7, 11) is 0. The molecular weight excluding hydrogens is 352 g/mol. The highest BCUT2D eigenvalue weighted by Crippen LogP contribution is 2.46. The first-order valence-corrected chi connectivity index (χ1v) is 8.38. The molecule has 0 N–H and O–H groups in total. The maximum Gasteiger partial charge on any atom is 0.343 e. The van der Waals surface area contributed by atoms with Crippen molar-refractivity contribution in [1.29, 1.82) is 0 Å². The number of hydrogen-bond acceptors (Lipinski definition) is 7. The Hall–Kier alpha value is -3.48. The Morgan fingerprint density at radius 3 is 2.00 bits per heavy atom. The van der Waals surface area contributed by atoms with Gasteiger partial charge in [-0.25, -0.2) is 9.59 Å². The van der Waals surface area contributed by atoms with Crippen LogP contribution in [-0.4, -0.2) is 6.79 Å². The molecule has 5 rings (SSSR count). The number of rotatable bonds is 1. The predicted octanol–water partition coefficient (Wildman–Crippen LogP) is 3.22. The minimum absolute atomic E-state index is 0.127. The van der Waals surface area contributed by atoms with Crippen LogP contribution in [0, 0.1) is 13.8 Å². The molecule has 2 aliphatic heterocycles. The Morgan fingerprint density at radius 1 is 0.778 bits per heavy atom. The first-order valence-electron chi connectivity index (χ1n) is 8.38. The molecular formula is C20H14O7. The summed E-state index contributed by atoms with van der Waals surface area (Å²) in [6.07, 6.45) is 0. The molecule has 0 spiro atoms. The van der Waals surface area contributed by atoms with E-state index in [2.05, 4.69) is 0 Å². The molecule has 3 aromatic rings. The third-order valence-electron chi connectivity index (χ3n) is 4.67. The van der Waals surface area contributed by atoms with Crippen LogP contribution in [0.5, 0.6) is 23.0 Å². The molecule has 2 aromatic heterocycles. The van der Waals surface area contributed by atoms with Gasteiger partial charge in [-0.15, -0.1) is 0 Å². The quantitative estimate of drug-likeness (QED) is 0.511. The summed E-state index contributed by atoms with van der Waals surface area (Å²) in [5, 5.41) is 0. The molecule has 0 radical (unpaired) electrons. The van der Waals surface area contributed by atoms with E-state index in [0.29, 0.717) is 40.1 Å². The van der Waals surface area contributed by atoms with Crippen molar-refractivity contribution < 1.29 is 23.0 Å². The van der Waals surface area contributed by atoms with Crippen molar-refractivity contribution in [3.63, 3.8) is 0 Å². The molecule has 0 saturated carbocycles. The summed E-state index contributed by atoms with van der Waals surface area (Å²) < 4.78 is 27.2. The SMILES string of the molecule is Cc1cc2c(c(=O)o1)C(c1ccc3c(c1)OCO3)c1c(cc(C)oc1=O)O2. The highest BCUT2D eigenvalue weighted by Gasteiger charge is 2.36. The Morgan fingerprint density at radius 2 is 1.37 bits per heavy atom. The van der Waals surface area contributed by atoms with Crippen LogP contribution in [0.2, 0.25) is 0 Å². The molecule has 136 valence electrons. The molecule has 0 bridgehead atoms. The molecule has 7 nitrogen and oxygen atoms in total. The topological polar surface area (TPSA) is 88.1 Å². The normalized spacial score (nSPS) is 14.4. The molecule has 0 atom stereocenters. The molecule has 0 fully saturated rings. The lowest BCUT2D eigenvalue weighted by molar-refractivity contribution is 0.174. The average molecular weight is 366 g/mol. The van der Waals surface area contributed by atoms with Gasteiger partial charge in [0.1, 0.15) is 23.0 Å². The summed E-state index contributed by atoms with van der Waals surface area (Å²) >= 11 is 0. The van der Waals surface area contributed by atoms with Gasteiger partial charge in [-0.3, -0.25) is 0 Å². The van der Waals surface area contributed by atoms with Crippen molar-refractivity contribution in [2.45, 2.75) is 19.8 Å². The van der Waals surface area contributed by atoms with Crippen molar-refractivity contribution in [1.82, 2.24) is 0 Å². The van der Waals surface area contributed by atoms with E-state index < -0.39 is 17.2 Å². The summed E-state index contributed by atoms with van der Waals surface area (Å²) in [4.78, 5) is 25.3. The second kappa shape index (κ2) is 5.51. The van der Waals surface area contributed by atoms with Crippen LogP contribution in [0.15, 0.2) is 48.8 Å². The molecule has 1 aromatic carbocycles. The molecule has 27 heavy (non-hydrogen) atoms. The van der Waals surface area contributed by atoms with Crippen LogP contribution in [0.3, 0.4) is 0 Å². The maximum absolute atomic E-state index is 12.7. The summed E-state index contributed by atoms with van der Waals surface area (Å²) in [6, 6.07) is 8.57. The van der Waals surface area contributed by atoms with Gasteiger partial charge in [0.2, 0.25) is 6.79 Å². The molecule has 0 saturated heterocycles. The van der Waals surface area contributed by atoms with Crippen LogP contribution >= 0.6 is 0 Å². The lowest BCUT2D eigenvalue weighted by Gasteiger charge is -2.26. The summed E-state index contributed by atoms with van der Waals surface area (Å²) in [5.41, 5.74) is 0.0696. The second-order valence-corrected chi connectivity index (χ2v) is 6.49. The summed E-state index contributed by atoms with van der Waals surface area (Å²) in [5.74, 6) is 2.03. The smallest absolute Gasteiger partial charge is 0.343 e. The third kappa shape index (κ3) is 2.35. The van der Waals surface area contributed by atoms with E-state index in [1.165, 1.54) is 0 Å². The Kier molecular flexibility index (Phi) is 3.21. The second-order valence-electron chi connectivity index (χ2n) is 6.49. The molecule has 0 amide bonds. The summed E-state index contributed by atoms with van der Waals surface area (Å²) in [6.45, 7) is 3.46. The fraction of sp³-hybridized carbons (Fsp3) is 0.200. The van der Waals surface area contributed by atoms with Crippen LogP contribution in [-0.2, 0) is 0 Å². The van der Waals surface area contributed by atoms with Crippen molar-refractivity contribution in [3.05, 3.63) is 79.4 Å². The molecule has 7 heteroatoms. The Labute approximate surface area is 152 Å². The van der Waals surface area contributed by atoms with Crippen molar-refractivity contribution in [3.8, 4) is 23.0 Å².